The van der Waals surface area contributed by atoms with Gasteiger partial charge in [0, 0.05) is 18.3 Å². The number of aryl methyl sites for hydroxylation is 2. The van der Waals surface area contributed by atoms with Crippen molar-refractivity contribution in [2.45, 2.75) is 64.3 Å². The van der Waals surface area contributed by atoms with Crippen molar-refractivity contribution in [3.8, 4) is 11.6 Å². The number of benzene rings is 1. The predicted molar refractivity (Wildman–Crippen MR) is 111 cm³/mol. The van der Waals surface area contributed by atoms with Gasteiger partial charge < -0.3 is 16.2 Å². The summed E-state index contributed by atoms with van der Waals surface area (Å²) in [7, 11) is 0. The number of aromatic nitrogens is 1. The SMILES string of the molecule is Cc1cc(CCC2CCCCCCC2N)ccc1Oc1ccc(C(N)=O)cn1. The first-order valence-corrected chi connectivity index (χ1v) is 10.3. The Kier molecular flexibility index (Phi) is 7.04. The van der Waals surface area contributed by atoms with E-state index in [4.69, 9.17) is 16.2 Å². The maximum Gasteiger partial charge on any atom is 0.250 e. The van der Waals surface area contributed by atoms with Gasteiger partial charge in [-0.2, -0.15) is 0 Å². The molecule has 150 valence electrons. The number of hydrogen-bond donors (Lipinski definition) is 2. The van der Waals surface area contributed by atoms with Crippen LogP contribution in [0.5, 0.6) is 11.6 Å². The molecule has 2 unspecified atom stereocenters. The molecule has 1 fully saturated rings. The Bertz CT molecular complexity index is 789. The van der Waals surface area contributed by atoms with Gasteiger partial charge in [0.05, 0.1) is 5.56 Å². The van der Waals surface area contributed by atoms with E-state index < -0.39 is 5.91 Å². The molecular formula is C23H31N3O2. The molecule has 1 heterocycles. The van der Waals surface area contributed by atoms with Crippen molar-refractivity contribution in [1.29, 1.82) is 0 Å². The van der Waals surface area contributed by atoms with Crippen LogP contribution < -0.4 is 16.2 Å². The molecule has 2 aromatic rings. The van der Waals surface area contributed by atoms with Crippen LogP contribution in [0.25, 0.3) is 0 Å². The lowest BCUT2D eigenvalue weighted by Gasteiger charge is -2.26. The summed E-state index contributed by atoms with van der Waals surface area (Å²) in [5.41, 5.74) is 14.4. The molecule has 0 aliphatic heterocycles. The van der Waals surface area contributed by atoms with Crippen molar-refractivity contribution in [3.05, 3.63) is 53.2 Å². The average molecular weight is 382 g/mol. The van der Waals surface area contributed by atoms with Crippen LogP contribution in [0.15, 0.2) is 36.5 Å². The Labute approximate surface area is 167 Å². The van der Waals surface area contributed by atoms with Gasteiger partial charge in [-0.1, -0.05) is 37.8 Å². The largest absolute Gasteiger partial charge is 0.439 e. The Morgan fingerprint density at radius 1 is 1.14 bits per heavy atom. The molecule has 1 aromatic carbocycles. The molecule has 5 nitrogen and oxygen atoms in total. The van der Waals surface area contributed by atoms with Crippen molar-refractivity contribution in [1.82, 2.24) is 4.98 Å². The van der Waals surface area contributed by atoms with Gasteiger partial charge in [0.15, 0.2) is 0 Å². The summed E-state index contributed by atoms with van der Waals surface area (Å²) in [6.45, 7) is 2.04. The Hall–Kier alpha value is -2.40. The number of nitrogens with two attached hydrogens (primary N) is 2. The number of pyridine rings is 1. The number of carbonyl (C=O) groups excluding carboxylic acids is 1. The maximum absolute atomic E-state index is 11.1. The lowest BCUT2D eigenvalue weighted by molar-refractivity contribution is 0.1000. The van der Waals surface area contributed by atoms with Gasteiger partial charge in [-0.15, -0.1) is 0 Å². The molecule has 3 rings (SSSR count). The van der Waals surface area contributed by atoms with Crippen molar-refractivity contribution < 1.29 is 9.53 Å². The highest BCUT2D eigenvalue weighted by Crippen LogP contribution is 2.28. The number of carbonyl (C=O) groups is 1. The zero-order chi connectivity index (χ0) is 19.9. The molecule has 5 heteroatoms. The van der Waals surface area contributed by atoms with E-state index in [2.05, 4.69) is 17.1 Å². The minimum Gasteiger partial charge on any atom is -0.439 e. The molecule has 2 atom stereocenters. The van der Waals surface area contributed by atoms with E-state index in [1.807, 2.05) is 13.0 Å². The predicted octanol–water partition coefficient (Wildman–Crippen LogP) is 4.51. The number of primary amides is 1. The van der Waals surface area contributed by atoms with Crippen LogP contribution in [0.2, 0.25) is 0 Å². The van der Waals surface area contributed by atoms with E-state index in [9.17, 15) is 4.79 Å². The Balaban J connectivity index is 1.59. The van der Waals surface area contributed by atoms with E-state index in [0.29, 0.717) is 23.4 Å². The molecule has 0 spiro atoms. The first-order chi connectivity index (χ1) is 13.5. The van der Waals surface area contributed by atoms with Crippen molar-refractivity contribution >= 4 is 5.91 Å². The third-order valence-corrected chi connectivity index (χ3v) is 5.75. The highest BCUT2D eigenvalue weighted by atomic mass is 16.5. The van der Waals surface area contributed by atoms with Crippen LogP contribution in [0.3, 0.4) is 0 Å². The Morgan fingerprint density at radius 2 is 1.93 bits per heavy atom. The zero-order valence-electron chi connectivity index (χ0n) is 16.7. The number of ether oxygens (including phenoxy) is 1. The fourth-order valence-corrected chi connectivity index (χ4v) is 3.98. The normalized spacial score (nSPS) is 20.2. The summed E-state index contributed by atoms with van der Waals surface area (Å²) in [6, 6.07) is 9.91. The highest BCUT2D eigenvalue weighted by molar-refractivity contribution is 5.92. The van der Waals surface area contributed by atoms with Gasteiger partial charge in [-0.3, -0.25) is 4.79 Å². The first-order valence-electron chi connectivity index (χ1n) is 10.3. The Morgan fingerprint density at radius 3 is 2.61 bits per heavy atom. The van der Waals surface area contributed by atoms with Crippen molar-refractivity contribution in [2.75, 3.05) is 0 Å². The summed E-state index contributed by atoms with van der Waals surface area (Å²) in [5, 5.41) is 0. The van der Waals surface area contributed by atoms with Gasteiger partial charge in [-0.05, 0) is 61.8 Å². The molecule has 4 N–H and O–H groups in total. The molecule has 1 aromatic heterocycles. The van der Waals surface area contributed by atoms with E-state index >= 15 is 0 Å². The lowest BCUT2D eigenvalue weighted by atomic mass is 9.83. The molecule has 28 heavy (non-hydrogen) atoms. The van der Waals surface area contributed by atoms with E-state index in [1.54, 1.807) is 12.1 Å². The fraction of sp³-hybridized carbons (Fsp3) is 0.478. The fourth-order valence-electron chi connectivity index (χ4n) is 3.98. The molecule has 0 radical (unpaired) electrons. The second-order valence-corrected chi connectivity index (χ2v) is 7.91. The second kappa shape index (κ2) is 9.69. The van der Waals surface area contributed by atoms with Crippen LogP contribution >= 0.6 is 0 Å². The quantitative estimate of drug-likeness (QED) is 0.770. The monoisotopic (exact) mass is 381 g/mol. The van der Waals surface area contributed by atoms with E-state index in [-0.39, 0.29) is 0 Å². The third-order valence-electron chi connectivity index (χ3n) is 5.75. The zero-order valence-corrected chi connectivity index (χ0v) is 16.7. The first kappa shape index (κ1) is 20.3. The second-order valence-electron chi connectivity index (χ2n) is 7.91. The summed E-state index contributed by atoms with van der Waals surface area (Å²) in [6.07, 6.45) is 11.3. The molecule has 1 saturated carbocycles. The summed E-state index contributed by atoms with van der Waals surface area (Å²) in [4.78, 5) is 15.3. The van der Waals surface area contributed by atoms with Gasteiger partial charge >= 0.3 is 0 Å². The van der Waals surface area contributed by atoms with Gasteiger partial charge in [0.25, 0.3) is 0 Å². The van der Waals surface area contributed by atoms with Crippen molar-refractivity contribution in [3.63, 3.8) is 0 Å². The van der Waals surface area contributed by atoms with E-state index in [0.717, 1.165) is 30.6 Å². The van der Waals surface area contributed by atoms with Crippen LogP contribution in [0, 0.1) is 12.8 Å². The smallest absolute Gasteiger partial charge is 0.250 e. The van der Waals surface area contributed by atoms with Crippen LogP contribution in [0.4, 0.5) is 0 Å². The summed E-state index contributed by atoms with van der Waals surface area (Å²) in [5.74, 6) is 1.35. The lowest BCUT2D eigenvalue weighted by Crippen LogP contribution is -2.31. The van der Waals surface area contributed by atoms with Gasteiger partial charge in [-0.25, -0.2) is 4.98 Å². The van der Waals surface area contributed by atoms with Gasteiger partial charge in [0.2, 0.25) is 11.8 Å². The molecule has 1 amide bonds. The number of hydrogen-bond acceptors (Lipinski definition) is 4. The summed E-state index contributed by atoms with van der Waals surface area (Å²) < 4.78 is 5.86. The number of nitrogens with zero attached hydrogens (tertiary/aromatic N) is 1. The molecular weight excluding hydrogens is 350 g/mol. The molecule has 0 saturated heterocycles. The average Bonchev–Trinajstić information content (AvgIpc) is 2.67. The topological polar surface area (TPSA) is 91.2 Å². The number of amides is 1. The summed E-state index contributed by atoms with van der Waals surface area (Å²) >= 11 is 0. The van der Waals surface area contributed by atoms with Crippen LogP contribution in [0.1, 0.15) is 66.4 Å². The van der Waals surface area contributed by atoms with E-state index in [1.165, 1.54) is 43.9 Å². The molecule has 1 aliphatic rings. The minimum atomic E-state index is -0.497. The van der Waals surface area contributed by atoms with Gasteiger partial charge in [0.1, 0.15) is 5.75 Å². The number of rotatable bonds is 6. The highest BCUT2D eigenvalue weighted by Gasteiger charge is 2.19. The minimum absolute atomic E-state index is 0.346. The third kappa shape index (κ3) is 5.55. The van der Waals surface area contributed by atoms with Crippen molar-refractivity contribution in [2.24, 2.45) is 17.4 Å². The maximum atomic E-state index is 11.1. The standard InChI is InChI=1S/C23H31N3O2/c1-16-14-17(8-10-18-6-4-2-3-5-7-20(18)24)9-12-21(16)28-22-13-11-19(15-26-22)23(25)27/h9,11-15,18,20H,2-8,10,24H2,1H3,(H2,25,27). The molecule has 0 bridgehead atoms. The van der Waals surface area contributed by atoms with Crippen LogP contribution in [-0.2, 0) is 6.42 Å². The van der Waals surface area contributed by atoms with Crippen LogP contribution in [-0.4, -0.2) is 16.9 Å². The molecule has 1 aliphatic carbocycles.